The second kappa shape index (κ2) is 5.63. The number of aryl methyl sites for hydroxylation is 1. The van der Waals surface area contributed by atoms with Crippen molar-refractivity contribution in [3.8, 4) is 0 Å². The summed E-state index contributed by atoms with van der Waals surface area (Å²) in [4.78, 5) is 0. The highest BCUT2D eigenvalue weighted by Crippen LogP contribution is 2.41. The summed E-state index contributed by atoms with van der Waals surface area (Å²) in [5.74, 6) is 0. The Labute approximate surface area is 115 Å². The van der Waals surface area contributed by atoms with Crippen molar-refractivity contribution in [1.82, 2.24) is 15.1 Å². The minimum absolute atomic E-state index is 0.246. The van der Waals surface area contributed by atoms with Crippen molar-refractivity contribution >= 4 is 0 Å². The van der Waals surface area contributed by atoms with Crippen LogP contribution in [0.1, 0.15) is 50.6 Å². The average Bonchev–Trinajstić information content (AvgIpc) is 2.99. The predicted molar refractivity (Wildman–Crippen MR) is 74.8 cm³/mol. The first kappa shape index (κ1) is 13.1. The lowest BCUT2D eigenvalue weighted by Crippen LogP contribution is -2.34. The highest BCUT2D eigenvalue weighted by molar-refractivity contribution is 4.98. The van der Waals surface area contributed by atoms with E-state index in [1.54, 1.807) is 0 Å². The molecule has 1 unspecified atom stereocenters. The van der Waals surface area contributed by atoms with Gasteiger partial charge in [-0.3, -0.25) is 4.68 Å². The van der Waals surface area contributed by atoms with Gasteiger partial charge in [-0.25, -0.2) is 0 Å². The monoisotopic (exact) mass is 263 g/mol. The lowest BCUT2D eigenvalue weighted by Gasteiger charge is -2.33. The molecule has 1 saturated carbocycles. The van der Waals surface area contributed by atoms with Gasteiger partial charge >= 0.3 is 0 Å². The summed E-state index contributed by atoms with van der Waals surface area (Å²) in [5, 5.41) is 7.85. The molecule has 0 bridgehead atoms. The van der Waals surface area contributed by atoms with E-state index in [9.17, 15) is 0 Å². The number of nitrogens with one attached hydrogen (secondary N) is 1. The molecule has 0 amide bonds. The molecule has 2 fully saturated rings. The van der Waals surface area contributed by atoms with Gasteiger partial charge in [-0.15, -0.1) is 0 Å². The van der Waals surface area contributed by atoms with Crippen molar-refractivity contribution in [3.63, 3.8) is 0 Å². The largest absolute Gasteiger partial charge is 0.370 e. The number of hydrogen-bond acceptors (Lipinski definition) is 3. The second-order valence-corrected chi connectivity index (χ2v) is 6.13. The van der Waals surface area contributed by atoms with Crippen molar-refractivity contribution < 1.29 is 4.74 Å². The maximum Gasteiger partial charge on any atom is 0.0762 e. The van der Waals surface area contributed by atoms with Gasteiger partial charge in [-0.2, -0.15) is 5.10 Å². The third-order valence-electron chi connectivity index (χ3n) is 4.55. The van der Waals surface area contributed by atoms with Crippen molar-refractivity contribution in [1.29, 1.82) is 0 Å². The third kappa shape index (κ3) is 3.18. The Kier molecular flexibility index (Phi) is 3.89. The SMILES string of the molecule is Cn1ccc(CNCC2CCC3(CCCCC3)O2)n1. The van der Waals surface area contributed by atoms with Crippen LogP contribution in [0.4, 0.5) is 0 Å². The molecule has 0 aromatic carbocycles. The quantitative estimate of drug-likeness (QED) is 0.906. The first-order chi connectivity index (χ1) is 9.26. The molecule has 1 aromatic rings. The van der Waals surface area contributed by atoms with Crippen LogP contribution in [0.5, 0.6) is 0 Å². The van der Waals surface area contributed by atoms with Crippen LogP contribution >= 0.6 is 0 Å². The van der Waals surface area contributed by atoms with E-state index in [0.717, 1.165) is 18.8 Å². The van der Waals surface area contributed by atoms with Crippen LogP contribution in [0.3, 0.4) is 0 Å². The third-order valence-corrected chi connectivity index (χ3v) is 4.55. The Balaban J connectivity index is 1.42. The predicted octanol–water partition coefficient (Wildman–Crippen LogP) is 2.39. The van der Waals surface area contributed by atoms with Gasteiger partial charge in [0.1, 0.15) is 0 Å². The molecule has 1 aliphatic carbocycles. The Bertz CT molecular complexity index is 409. The maximum atomic E-state index is 6.34. The van der Waals surface area contributed by atoms with Crippen molar-refractivity contribution in [2.45, 2.75) is 63.2 Å². The molecule has 1 spiro atoms. The van der Waals surface area contributed by atoms with Gasteiger partial charge < -0.3 is 10.1 Å². The summed E-state index contributed by atoms with van der Waals surface area (Å²) in [7, 11) is 1.95. The molecule has 1 aliphatic heterocycles. The van der Waals surface area contributed by atoms with Crippen LogP contribution in [0, 0.1) is 0 Å². The summed E-state index contributed by atoms with van der Waals surface area (Å²) >= 11 is 0. The molecule has 1 saturated heterocycles. The Morgan fingerprint density at radius 1 is 1.37 bits per heavy atom. The molecule has 1 N–H and O–H groups in total. The molecular formula is C15H25N3O. The second-order valence-electron chi connectivity index (χ2n) is 6.13. The van der Waals surface area contributed by atoms with Crippen LogP contribution in [-0.4, -0.2) is 28.0 Å². The van der Waals surface area contributed by atoms with Crippen LogP contribution in [0.2, 0.25) is 0 Å². The Morgan fingerprint density at radius 2 is 2.21 bits per heavy atom. The summed E-state index contributed by atoms with van der Waals surface area (Å²) in [6.45, 7) is 1.80. The smallest absolute Gasteiger partial charge is 0.0762 e. The van der Waals surface area contributed by atoms with Crippen LogP contribution < -0.4 is 5.32 Å². The molecule has 3 rings (SSSR count). The lowest BCUT2D eigenvalue weighted by atomic mass is 9.83. The Morgan fingerprint density at radius 3 is 2.95 bits per heavy atom. The normalized spacial score (nSPS) is 26.1. The number of aromatic nitrogens is 2. The lowest BCUT2D eigenvalue weighted by molar-refractivity contribution is -0.0624. The van der Waals surface area contributed by atoms with Crippen molar-refractivity contribution in [2.75, 3.05) is 6.54 Å². The highest BCUT2D eigenvalue weighted by atomic mass is 16.5. The van der Waals surface area contributed by atoms with E-state index in [0.29, 0.717) is 6.10 Å². The molecule has 4 nitrogen and oxygen atoms in total. The summed E-state index contributed by atoms with van der Waals surface area (Å²) in [5.41, 5.74) is 1.35. The number of rotatable bonds is 4. The van der Waals surface area contributed by atoms with Crippen molar-refractivity contribution in [3.05, 3.63) is 18.0 Å². The molecular weight excluding hydrogens is 238 g/mol. The number of ether oxygens (including phenoxy) is 1. The molecule has 0 radical (unpaired) electrons. The molecule has 19 heavy (non-hydrogen) atoms. The van der Waals surface area contributed by atoms with Crippen molar-refractivity contribution in [2.24, 2.45) is 7.05 Å². The fraction of sp³-hybridized carbons (Fsp3) is 0.800. The van der Waals surface area contributed by atoms with E-state index in [1.807, 2.05) is 17.9 Å². The zero-order valence-electron chi connectivity index (χ0n) is 11.9. The molecule has 2 aliphatic rings. The number of nitrogens with zero attached hydrogens (tertiary/aromatic N) is 2. The van der Waals surface area contributed by atoms with E-state index >= 15 is 0 Å². The fourth-order valence-corrected chi connectivity index (χ4v) is 3.52. The van der Waals surface area contributed by atoms with Gasteiger partial charge in [0.15, 0.2) is 0 Å². The van der Waals surface area contributed by atoms with E-state index in [1.165, 1.54) is 44.9 Å². The molecule has 2 heterocycles. The maximum absolute atomic E-state index is 6.34. The first-order valence-electron chi connectivity index (χ1n) is 7.63. The standard InChI is InChI=1S/C15H25N3O/c1-18-10-6-13(17-18)11-16-12-14-5-9-15(19-14)7-3-2-4-8-15/h6,10,14,16H,2-5,7-9,11-12H2,1H3. The van der Waals surface area contributed by atoms with Crippen LogP contribution in [0.25, 0.3) is 0 Å². The number of hydrogen-bond donors (Lipinski definition) is 1. The summed E-state index contributed by atoms with van der Waals surface area (Å²) in [6, 6.07) is 2.06. The molecule has 1 aromatic heterocycles. The molecule has 4 heteroatoms. The van der Waals surface area contributed by atoms with Gasteiger partial charge in [0.2, 0.25) is 0 Å². The summed E-state index contributed by atoms with van der Waals surface area (Å²) < 4.78 is 8.19. The highest BCUT2D eigenvalue weighted by Gasteiger charge is 2.40. The average molecular weight is 263 g/mol. The summed E-state index contributed by atoms with van der Waals surface area (Å²) in [6.07, 6.45) is 11.5. The van der Waals surface area contributed by atoms with E-state index in [4.69, 9.17) is 4.74 Å². The first-order valence-corrected chi connectivity index (χ1v) is 7.63. The molecule has 106 valence electrons. The minimum atomic E-state index is 0.246. The zero-order chi connectivity index (χ0) is 13.1. The van der Waals surface area contributed by atoms with Gasteiger partial charge in [0, 0.05) is 26.3 Å². The zero-order valence-corrected chi connectivity index (χ0v) is 11.9. The Hall–Kier alpha value is -0.870. The van der Waals surface area contributed by atoms with Gasteiger partial charge in [-0.05, 0) is 31.7 Å². The van der Waals surface area contributed by atoms with Crippen LogP contribution in [0.15, 0.2) is 12.3 Å². The van der Waals surface area contributed by atoms with E-state index < -0.39 is 0 Å². The van der Waals surface area contributed by atoms with Gasteiger partial charge in [-0.1, -0.05) is 19.3 Å². The fourth-order valence-electron chi connectivity index (χ4n) is 3.52. The van der Waals surface area contributed by atoms with E-state index in [2.05, 4.69) is 16.5 Å². The minimum Gasteiger partial charge on any atom is -0.370 e. The van der Waals surface area contributed by atoms with Gasteiger partial charge in [0.05, 0.1) is 17.4 Å². The topological polar surface area (TPSA) is 39.1 Å². The van der Waals surface area contributed by atoms with Gasteiger partial charge in [0.25, 0.3) is 0 Å². The molecule has 1 atom stereocenters. The van der Waals surface area contributed by atoms with Crippen LogP contribution in [-0.2, 0) is 18.3 Å². The van der Waals surface area contributed by atoms with E-state index in [-0.39, 0.29) is 5.60 Å².